The maximum absolute atomic E-state index is 12.8. The highest BCUT2D eigenvalue weighted by atomic mass is 35.5. The second-order valence-corrected chi connectivity index (χ2v) is 8.76. The molecular weight excluding hydrogens is 392 g/mol. The Labute approximate surface area is 162 Å². The third kappa shape index (κ3) is 3.96. The van der Waals surface area contributed by atoms with Crippen LogP contribution in [0.3, 0.4) is 0 Å². The van der Waals surface area contributed by atoms with Crippen molar-refractivity contribution < 1.29 is 12.6 Å². The summed E-state index contributed by atoms with van der Waals surface area (Å²) in [6, 6.07) is 4.79. The molecule has 3 rings (SSSR count). The Morgan fingerprint density at radius 1 is 1.11 bits per heavy atom. The molecule has 1 aliphatic rings. The Bertz CT molecular complexity index is 1080. The molecule has 7 nitrogen and oxygen atoms in total. The lowest BCUT2D eigenvalue weighted by Gasteiger charge is -2.24. The van der Waals surface area contributed by atoms with Crippen molar-refractivity contribution in [1.29, 1.82) is 0 Å². The molecule has 0 N–H and O–H groups in total. The lowest BCUT2D eigenvalue weighted by atomic mass is 9.84. The van der Waals surface area contributed by atoms with Crippen LogP contribution in [-0.4, -0.2) is 17.6 Å². The highest BCUT2D eigenvalue weighted by molar-refractivity contribution is 7.87. The highest BCUT2D eigenvalue weighted by Gasteiger charge is 2.27. The van der Waals surface area contributed by atoms with Crippen molar-refractivity contribution in [3.63, 3.8) is 0 Å². The van der Waals surface area contributed by atoms with Gasteiger partial charge in [-0.25, -0.2) is 4.79 Å². The van der Waals surface area contributed by atoms with Gasteiger partial charge in [0, 0.05) is 30.9 Å². The van der Waals surface area contributed by atoms with Crippen LogP contribution < -0.4 is 15.4 Å². The van der Waals surface area contributed by atoms with E-state index in [1.165, 1.54) is 20.2 Å². The summed E-state index contributed by atoms with van der Waals surface area (Å²) in [6.45, 7) is 0. The van der Waals surface area contributed by atoms with Crippen molar-refractivity contribution in [3.05, 3.63) is 55.8 Å². The maximum atomic E-state index is 12.8. The van der Waals surface area contributed by atoms with Gasteiger partial charge >= 0.3 is 15.8 Å². The summed E-state index contributed by atoms with van der Waals surface area (Å²) in [5.74, 6) is 0.327. The monoisotopic (exact) mass is 412 g/mol. The molecule has 0 atom stereocenters. The van der Waals surface area contributed by atoms with Crippen LogP contribution in [0.2, 0.25) is 5.02 Å². The third-order valence-electron chi connectivity index (χ3n) is 4.90. The van der Waals surface area contributed by atoms with Gasteiger partial charge in [-0.05, 0) is 37.0 Å². The summed E-state index contributed by atoms with van der Waals surface area (Å²) in [5.41, 5.74) is -0.813. The van der Waals surface area contributed by atoms with Crippen molar-refractivity contribution in [2.45, 2.75) is 42.9 Å². The second kappa shape index (κ2) is 7.52. The topological polar surface area (TPSA) is 87.4 Å². The molecule has 1 heterocycles. The predicted octanol–water partition coefficient (Wildman–Crippen LogP) is 2.55. The fraction of sp³-hybridized carbons (Fsp3) is 0.444. The molecule has 9 heteroatoms. The normalized spacial score (nSPS) is 15.7. The van der Waals surface area contributed by atoms with E-state index in [1.807, 2.05) is 0 Å². The molecule has 27 heavy (non-hydrogen) atoms. The third-order valence-corrected chi connectivity index (χ3v) is 6.35. The number of halogens is 1. The zero-order chi connectivity index (χ0) is 19.8. The minimum atomic E-state index is -4.42. The quantitative estimate of drug-likeness (QED) is 0.720. The Kier molecular flexibility index (Phi) is 5.48. The Balaban J connectivity index is 2.05. The zero-order valence-electron chi connectivity index (χ0n) is 15.1. The van der Waals surface area contributed by atoms with Gasteiger partial charge in [0.15, 0.2) is 4.90 Å². The molecule has 146 valence electrons. The summed E-state index contributed by atoms with van der Waals surface area (Å²) in [7, 11) is -1.82. The molecule has 0 radical (unpaired) electrons. The first-order chi connectivity index (χ1) is 12.7. The van der Waals surface area contributed by atoms with Gasteiger partial charge in [0.2, 0.25) is 0 Å². The summed E-state index contributed by atoms with van der Waals surface area (Å²) in [6.07, 6.45) is 6.11. The molecule has 0 unspecified atom stereocenters. The molecule has 1 aliphatic carbocycles. The van der Waals surface area contributed by atoms with E-state index in [2.05, 4.69) is 0 Å². The van der Waals surface area contributed by atoms with Crippen molar-refractivity contribution in [2.24, 2.45) is 14.1 Å². The summed E-state index contributed by atoms with van der Waals surface area (Å²) in [5, 5.41) is 0.498. The molecule has 1 aromatic carbocycles. The van der Waals surface area contributed by atoms with Gasteiger partial charge in [-0.3, -0.25) is 9.36 Å². The summed E-state index contributed by atoms with van der Waals surface area (Å²) >= 11 is 6.11. The van der Waals surface area contributed by atoms with Crippen LogP contribution in [0.5, 0.6) is 5.75 Å². The number of aromatic nitrogens is 2. The molecule has 0 aliphatic heterocycles. The first-order valence-electron chi connectivity index (χ1n) is 8.71. The standard InChI is InChI=1S/C18H21ClN2O5S/c1-20-11-16(17(22)21(2)18(20)23)27(24,25)26-15-9-8-13(19)10-14(15)12-6-4-3-5-7-12/h8-12H,3-7H2,1-2H3. The van der Waals surface area contributed by atoms with Gasteiger partial charge in [-0.1, -0.05) is 30.9 Å². The molecule has 0 spiro atoms. The van der Waals surface area contributed by atoms with E-state index in [4.69, 9.17) is 15.8 Å². The van der Waals surface area contributed by atoms with E-state index in [-0.39, 0.29) is 11.7 Å². The largest absolute Gasteiger partial charge is 0.378 e. The van der Waals surface area contributed by atoms with Crippen molar-refractivity contribution in [3.8, 4) is 5.75 Å². The first kappa shape index (κ1) is 19.7. The zero-order valence-corrected chi connectivity index (χ0v) is 16.7. The number of aryl methyl sites for hydroxylation is 1. The van der Waals surface area contributed by atoms with E-state index < -0.39 is 26.3 Å². The summed E-state index contributed by atoms with van der Waals surface area (Å²) in [4.78, 5) is 23.5. The van der Waals surface area contributed by atoms with Gasteiger partial charge in [-0.15, -0.1) is 0 Å². The van der Waals surface area contributed by atoms with Crippen LogP contribution >= 0.6 is 11.6 Å². The fourth-order valence-electron chi connectivity index (χ4n) is 3.44. The van der Waals surface area contributed by atoms with E-state index in [9.17, 15) is 18.0 Å². The average Bonchev–Trinajstić information content (AvgIpc) is 2.64. The van der Waals surface area contributed by atoms with Gasteiger partial charge in [0.05, 0.1) is 0 Å². The number of hydrogen-bond acceptors (Lipinski definition) is 5. The molecule has 1 saturated carbocycles. The van der Waals surface area contributed by atoms with Gasteiger partial charge in [0.25, 0.3) is 5.56 Å². The first-order valence-corrected chi connectivity index (χ1v) is 10.5. The van der Waals surface area contributed by atoms with Crippen LogP contribution in [-0.2, 0) is 24.2 Å². The minimum absolute atomic E-state index is 0.158. The number of nitrogens with zero attached hydrogens (tertiary/aromatic N) is 2. The van der Waals surface area contributed by atoms with Crippen LogP contribution in [0.1, 0.15) is 43.6 Å². The van der Waals surface area contributed by atoms with E-state index in [0.717, 1.165) is 53.0 Å². The Morgan fingerprint density at radius 3 is 2.44 bits per heavy atom. The van der Waals surface area contributed by atoms with Crippen molar-refractivity contribution in [1.82, 2.24) is 9.13 Å². The molecular formula is C18H21ClN2O5S. The lowest BCUT2D eigenvalue weighted by molar-refractivity contribution is 0.427. The van der Waals surface area contributed by atoms with E-state index >= 15 is 0 Å². The molecule has 0 amide bonds. The highest BCUT2D eigenvalue weighted by Crippen LogP contribution is 2.39. The van der Waals surface area contributed by atoms with Gasteiger partial charge < -0.3 is 8.75 Å². The lowest BCUT2D eigenvalue weighted by Crippen LogP contribution is -2.39. The number of rotatable bonds is 4. The average molecular weight is 413 g/mol. The van der Waals surface area contributed by atoms with Crippen molar-refractivity contribution >= 4 is 21.7 Å². The summed E-state index contributed by atoms with van der Waals surface area (Å²) < 4.78 is 32.7. The predicted molar refractivity (Wildman–Crippen MR) is 102 cm³/mol. The minimum Gasteiger partial charge on any atom is -0.378 e. The van der Waals surface area contributed by atoms with E-state index in [1.54, 1.807) is 12.1 Å². The molecule has 1 aromatic heterocycles. The van der Waals surface area contributed by atoms with Crippen molar-refractivity contribution in [2.75, 3.05) is 0 Å². The van der Waals surface area contributed by atoms with Gasteiger partial charge in [0.1, 0.15) is 5.75 Å². The SMILES string of the molecule is Cn1cc(S(=O)(=O)Oc2ccc(Cl)cc2C2CCCCC2)c(=O)n(C)c1=O. The number of benzene rings is 1. The van der Waals surface area contributed by atoms with Crippen LogP contribution in [0.15, 0.2) is 38.9 Å². The number of hydrogen-bond donors (Lipinski definition) is 0. The van der Waals surface area contributed by atoms with Crippen LogP contribution in [0.25, 0.3) is 0 Å². The Morgan fingerprint density at radius 2 is 1.78 bits per heavy atom. The fourth-order valence-corrected chi connectivity index (χ4v) is 4.73. The van der Waals surface area contributed by atoms with Crippen LogP contribution in [0.4, 0.5) is 0 Å². The molecule has 2 aromatic rings. The molecule has 0 bridgehead atoms. The smallest absolute Gasteiger partial charge is 0.346 e. The maximum Gasteiger partial charge on any atom is 0.346 e. The molecule has 0 saturated heterocycles. The van der Waals surface area contributed by atoms with E-state index in [0.29, 0.717) is 5.02 Å². The van der Waals surface area contributed by atoms with Crippen LogP contribution in [0, 0.1) is 0 Å². The second-order valence-electron chi connectivity index (χ2n) is 6.81. The Hall–Kier alpha value is -2.06. The van der Waals surface area contributed by atoms with Gasteiger partial charge in [-0.2, -0.15) is 8.42 Å². The molecule has 1 fully saturated rings.